The van der Waals surface area contributed by atoms with E-state index in [4.69, 9.17) is 11.6 Å². The molecule has 2 heterocycles. The number of carbonyl (C=O) groups excluding carboxylic acids is 1. The second-order valence-corrected chi connectivity index (χ2v) is 6.11. The molecule has 0 saturated carbocycles. The predicted octanol–water partition coefficient (Wildman–Crippen LogP) is 4.21. The minimum Gasteiger partial charge on any atom is -0.298 e. The van der Waals surface area contributed by atoms with Crippen LogP contribution in [0.5, 0.6) is 0 Å². The number of benzene rings is 1. The first-order chi connectivity index (χ1) is 10.0. The molecule has 1 N–H and O–H groups in total. The van der Waals surface area contributed by atoms with Gasteiger partial charge in [0, 0.05) is 6.20 Å². The molecule has 0 saturated heterocycles. The van der Waals surface area contributed by atoms with Crippen LogP contribution in [0.1, 0.15) is 21.5 Å². The van der Waals surface area contributed by atoms with Crippen molar-refractivity contribution in [2.24, 2.45) is 0 Å². The van der Waals surface area contributed by atoms with Gasteiger partial charge in [-0.25, -0.2) is 9.97 Å². The van der Waals surface area contributed by atoms with Crippen molar-refractivity contribution in [2.75, 3.05) is 5.32 Å². The molecule has 0 spiro atoms. The van der Waals surface area contributed by atoms with E-state index >= 15 is 0 Å². The van der Waals surface area contributed by atoms with Gasteiger partial charge >= 0.3 is 0 Å². The van der Waals surface area contributed by atoms with Gasteiger partial charge in [0.15, 0.2) is 5.13 Å². The van der Waals surface area contributed by atoms with Crippen molar-refractivity contribution in [3.05, 3.63) is 52.3 Å². The lowest BCUT2D eigenvalue weighted by Crippen LogP contribution is -2.11. The molecule has 4 nitrogen and oxygen atoms in total. The standard InChI is InChI=1S/C15H12ClN3OS/c1-8-3-4-9(2)13-12(8)18-15(21-13)19-14(20)10-5-6-11(16)17-7-10/h3-7H,1-2H3,(H,18,19,20). The lowest BCUT2D eigenvalue weighted by atomic mass is 10.1. The highest BCUT2D eigenvalue weighted by atomic mass is 35.5. The van der Waals surface area contributed by atoms with Crippen LogP contribution in [-0.2, 0) is 0 Å². The van der Waals surface area contributed by atoms with Gasteiger partial charge in [-0.15, -0.1) is 0 Å². The molecule has 3 rings (SSSR count). The molecule has 6 heteroatoms. The largest absolute Gasteiger partial charge is 0.298 e. The maximum Gasteiger partial charge on any atom is 0.259 e. The molecular formula is C15H12ClN3OS. The molecule has 1 aromatic carbocycles. The van der Waals surface area contributed by atoms with E-state index in [0.29, 0.717) is 15.8 Å². The van der Waals surface area contributed by atoms with Crippen molar-refractivity contribution in [1.29, 1.82) is 0 Å². The highest BCUT2D eigenvalue weighted by molar-refractivity contribution is 7.22. The van der Waals surface area contributed by atoms with Gasteiger partial charge in [-0.3, -0.25) is 10.1 Å². The van der Waals surface area contributed by atoms with Crippen LogP contribution in [0, 0.1) is 13.8 Å². The summed E-state index contributed by atoms with van der Waals surface area (Å²) in [7, 11) is 0. The quantitative estimate of drug-likeness (QED) is 0.720. The molecule has 106 valence electrons. The number of rotatable bonds is 2. The van der Waals surface area contributed by atoms with Crippen LogP contribution >= 0.6 is 22.9 Å². The Kier molecular flexibility index (Phi) is 3.61. The fraction of sp³-hybridized carbons (Fsp3) is 0.133. The van der Waals surface area contributed by atoms with Crippen LogP contribution in [0.4, 0.5) is 5.13 Å². The molecule has 0 fully saturated rings. The summed E-state index contributed by atoms with van der Waals surface area (Å²) < 4.78 is 1.10. The number of aryl methyl sites for hydroxylation is 2. The van der Waals surface area contributed by atoms with Gasteiger partial charge in [0.1, 0.15) is 5.15 Å². The van der Waals surface area contributed by atoms with Crippen LogP contribution in [0.2, 0.25) is 5.15 Å². The molecule has 0 aliphatic heterocycles. The van der Waals surface area contributed by atoms with Gasteiger partial charge in [-0.1, -0.05) is 35.1 Å². The monoisotopic (exact) mass is 317 g/mol. The summed E-state index contributed by atoms with van der Waals surface area (Å²) in [5.41, 5.74) is 3.64. The fourth-order valence-electron chi connectivity index (χ4n) is 1.99. The van der Waals surface area contributed by atoms with Crippen LogP contribution in [0.25, 0.3) is 10.2 Å². The van der Waals surface area contributed by atoms with Crippen molar-refractivity contribution in [3.63, 3.8) is 0 Å². The number of pyridine rings is 1. The van der Waals surface area contributed by atoms with Gasteiger partial charge < -0.3 is 0 Å². The van der Waals surface area contributed by atoms with Gasteiger partial charge in [0.25, 0.3) is 5.91 Å². The van der Waals surface area contributed by atoms with E-state index in [-0.39, 0.29) is 5.91 Å². The molecular weight excluding hydrogens is 306 g/mol. The number of hydrogen-bond acceptors (Lipinski definition) is 4. The Bertz CT molecular complexity index is 788. The zero-order chi connectivity index (χ0) is 15.0. The van der Waals surface area contributed by atoms with Gasteiger partial charge in [-0.05, 0) is 37.1 Å². The van der Waals surface area contributed by atoms with Crippen LogP contribution < -0.4 is 5.32 Å². The lowest BCUT2D eigenvalue weighted by molar-refractivity contribution is 0.102. The molecule has 2 aromatic heterocycles. The van der Waals surface area contributed by atoms with Gasteiger partial charge in [0.05, 0.1) is 15.8 Å². The summed E-state index contributed by atoms with van der Waals surface area (Å²) >= 11 is 7.19. The second-order valence-electron chi connectivity index (χ2n) is 4.72. The third kappa shape index (κ3) is 2.75. The number of fused-ring (bicyclic) bond motifs is 1. The summed E-state index contributed by atoms with van der Waals surface area (Å²) in [5, 5.41) is 3.75. The molecule has 1 amide bonds. The number of anilines is 1. The molecule has 3 aromatic rings. The predicted molar refractivity (Wildman–Crippen MR) is 86.3 cm³/mol. The second kappa shape index (κ2) is 5.42. The summed E-state index contributed by atoms with van der Waals surface area (Å²) in [5.74, 6) is -0.242. The van der Waals surface area contributed by atoms with Crippen molar-refractivity contribution >= 4 is 44.2 Å². The molecule has 0 radical (unpaired) electrons. The maximum atomic E-state index is 12.1. The Balaban J connectivity index is 1.91. The summed E-state index contributed by atoms with van der Waals surface area (Å²) in [6.45, 7) is 4.05. The van der Waals surface area contributed by atoms with Crippen LogP contribution in [0.15, 0.2) is 30.5 Å². The molecule has 0 atom stereocenters. The lowest BCUT2D eigenvalue weighted by Gasteiger charge is -2.00. The number of thiazole rings is 1. The highest BCUT2D eigenvalue weighted by Crippen LogP contribution is 2.31. The summed E-state index contributed by atoms with van der Waals surface area (Å²) in [4.78, 5) is 20.5. The third-order valence-corrected chi connectivity index (χ3v) is 4.48. The number of nitrogens with one attached hydrogen (secondary N) is 1. The van der Waals surface area contributed by atoms with E-state index in [1.807, 2.05) is 19.9 Å². The topological polar surface area (TPSA) is 54.9 Å². The Morgan fingerprint density at radius 1 is 1.19 bits per heavy atom. The SMILES string of the molecule is Cc1ccc(C)c2sc(NC(=O)c3ccc(Cl)nc3)nc12. The van der Waals surface area contributed by atoms with Crippen LogP contribution in [-0.4, -0.2) is 15.9 Å². The van der Waals surface area contributed by atoms with Crippen LogP contribution in [0.3, 0.4) is 0 Å². The van der Waals surface area contributed by atoms with E-state index in [9.17, 15) is 4.79 Å². The van der Waals surface area contributed by atoms with Crippen molar-refractivity contribution < 1.29 is 4.79 Å². The first-order valence-corrected chi connectivity index (χ1v) is 7.53. The summed E-state index contributed by atoms with van der Waals surface area (Å²) in [6.07, 6.45) is 1.45. The van der Waals surface area contributed by atoms with E-state index in [1.54, 1.807) is 12.1 Å². The molecule has 21 heavy (non-hydrogen) atoms. The van der Waals surface area contributed by atoms with Gasteiger partial charge in [-0.2, -0.15) is 0 Å². The average Bonchev–Trinajstić information content (AvgIpc) is 2.89. The van der Waals surface area contributed by atoms with E-state index in [2.05, 4.69) is 21.4 Å². The van der Waals surface area contributed by atoms with Crippen molar-refractivity contribution in [3.8, 4) is 0 Å². The van der Waals surface area contributed by atoms with Crippen molar-refractivity contribution in [1.82, 2.24) is 9.97 Å². The van der Waals surface area contributed by atoms with Crippen molar-refractivity contribution in [2.45, 2.75) is 13.8 Å². The Morgan fingerprint density at radius 3 is 2.62 bits per heavy atom. The number of carbonyl (C=O) groups is 1. The molecule has 0 aliphatic carbocycles. The van der Waals surface area contributed by atoms with E-state index in [0.717, 1.165) is 21.3 Å². The highest BCUT2D eigenvalue weighted by Gasteiger charge is 2.12. The fourth-order valence-corrected chi connectivity index (χ4v) is 3.11. The molecule has 0 bridgehead atoms. The zero-order valence-corrected chi connectivity index (χ0v) is 13.0. The van der Waals surface area contributed by atoms with E-state index in [1.165, 1.54) is 17.5 Å². The minimum atomic E-state index is -0.242. The number of nitrogens with zero attached hydrogens (tertiary/aromatic N) is 2. The minimum absolute atomic E-state index is 0.242. The molecule has 0 aliphatic rings. The Morgan fingerprint density at radius 2 is 1.95 bits per heavy atom. The number of halogens is 1. The normalized spacial score (nSPS) is 10.8. The van der Waals surface area contributed by atoms with E-state index < -0.39 is 0 Å². The first kappa shape index (κ1) is 14.0. The Hall–Kier alpha value is -1.98. The number of amides is 1. The average molecular weight is 318 g/mol. The Labute approximate surface area is 130 Å². The molecule has 0 unspecified atom stereocenters. The smallest absolute Gasteiger partial charge is 0.259 e. The van der Waals surface area contributed by atoms with Gasteiger partial charge in [0.2, 0.25) is 0 Å². The summed E-state index contributed by atoms with van der Waals surface area (Å²) in [6, 6.07) is 7.31. The number of aromatic nitrogens is 2. The third-order valence-electron chi connectivity index (χ3n) is 3.15. The number of hydrogen-bond donors (Lipinski definition) is 1. The zero-order valence-electron chi connectivity index (χ0n) is 11.5. The first-order valence-electron chi connectivity index (χ1n) is 6.34. The maximum absolute atomic E-state index is 12.1.